The van der Waals surface area contributed by atoms with Crippen molar-refractivity contribution in [1.82, 2.24) is 0 Å². The number of halogens is 4. The van der Waals surface area contributed by atoms with Gasteiger partial charge in [-0.1, -0.05) is 18.2 Å². The lowest BCUT2D eigenvalue weighted by atomic mass is 9.84. The van der Waals surface area contributed by atoms with Gasteiger partial charge in [-0.2, -0.15) is 0 Å². The Morgan fingerprint density at radius 2 is 1.50 bits per heavy atom. The van der Waals surface area contributed by atoms with Crippen LogP contribution in [0.1, 0.15) is 0 Å². The molecule has 0 N–H and O–H groups in total. The molecule has 0 unspecified atom stereocenters. The Morgan fingerprint density at radius 1 is 0.857 bits per heavy atom. The zero-order valence-corrected chi connectivity index (χ0v) is 7.13. The Kier molecular flexibility index (Phi) is 1.26. The molecule has 0 heterocycles. The van der Waals surface area contributed by atoms with Gasteiger partial charge in [0.2, 0.25) is 0 Å². The van der Waals surface area contributed by atoms with Gasteiger partial charge in [-0.05, 0) is 12.0 Å². The average molecular weight is 204 g/mol. The van der Waals surface area contributed by atoms with Gasteiger partial charge in [-0.3, -0.25) is 0 Å². The maximum atomic E-state index is 13.4. The van der Waals surface area contributed by atoms with E-state index in [0.29, 0.717) is 0 Å². The number of fused-ring (bicyclic) bond motifs is 5. The fraction of sp³-hybridized carbons (Fsp3) is 0.600. The second kappa shape index (κ2) is 2.07. The van der Waals surface area contributed by atoms with E-state index in [2.05, 4.69) is 0 Å². The summed E-state index contributed by atoms with van der Waals surface area (Å²) in [6.07, 6.45) is 4.68. The molecule has 0 saturated heterocycles. The molecule has 14 heavy (non-hydrogen) atoms. The molecule has 3 aliphatic carbocycles. The SMILES string of the molecule is FC1(F)C=C[C@H]2[C@H]1[C@H]1C=C[C@@H]2C1(F)F. The van der Waals surface area contributed by atoms with Gasteiger partial charge in [0.1, 0.15) is 0 Å². The first-order valence-corrected chi connectivity index (χ1v) is 4.58. The van der Waals surface area contributed by atoms with Gasteiger partial charge >= 0.3 is 0 Å². The molecule has 4 heteroatoms. The summed E-state index contributed by atoms with van der Waals surface area (Å²) in [5.41, 5.74) is 0. The van der Waals surface area contributed by atoms with Gasteiger partial charge in [0.25, 0.3) is 11.8 Å². The van der Waals surface area contributed by atoms with Crippen LogP contribution >= 0.6 is 0 Å². The standard InChI is InChI=1S/C10H8F4/c11-9(12)4-3-5-6-1-2-7(8(5)9)10(6,13)14/h1-8H/t5-,6+,7-,8+/m1/s1. The normalized spacial score (nSPS) is 50.0. The van der Waals surface area contributed by atoms with Crippen LogP contribution in [0.4, 0.5) is 17.6 Å². The summed E-state index contributed by atoms with van der Waals surface area (Å²) in [4.78, 5) is 0. The van der Waals surface area contributed by atoms with Crippen molar-refractivity contribution in [2.24, 2.45) is 23.7 Å². The first kappa shape index (κ1) is 8.50. The second-order valence-electron chi connectivity index (χ2n) is 4.25. The summed E-state index contributed by atoms with van der Waals surface area (Å²) < 4.78 is 53.4. The molecule has 0 radical (unpaired) electrons. The molecule has 1 saturated carbocycles. The number of hydrogen-bond acceptors (Lipinski definition) is 0. The maximum absolute atomic E-state index is 13.4. The van der Waals surface area contributed by atoms with E-state index >= 15 is 0 Å². The molecule has 0 nitrogen and oxygen atoms in total. The number of rotatable bonds is 0. The monoisotopic (exact) mass is 204 g/mol. The van der Waals surface area contributed by atoms with Gasteiger partial charge in [0.05, 0.1) is 5.92 Å². The van der Waals surface area contributed by atoms with Crippen molar-refractivity contribution >= 4 is 0 Å². The summed E-state index contributed by atoms with van der Waals surface area (Å²) >= 11 is 0. The van der Waals surface area contributed by atoms with E-state index in [0.717, 1.165) is 6.08 Å². The molecule has 0 aromatic heterocycles. The van der Waals surface area contributed by atoms with E-state index in [-0.39, 0.29) is 0 Å². The van der Waals surface area contributed by atoms with Gasteiger partial charge < -0.3 is 0 Å². The van der Waals surface area contributed by atoms with E-state index in [1.165, 1.54) is 18.2 Å². The maximum Gasteiger partial charge on any atom is 0.270 e. The zero-order chi connectivity index (χ0) is 10.1. The fourth-order valence-electron chi connectivity index (χ4n) is 3.01. The van der Waals surface area contributed by atoms with Crippen LogP contribution in [0.25, 0.3) is 0 Å². The molecule has 3 aliphatic rings. The van der Waals surface area contributed by atoms with E-state index in [4.69, 9.17) is 0 Å². The fourth-order valence-corrected chi connectivity index (χ4v) is 3.01. The largest absolute Gasteiger partial charge is 0.270 e. The van der Waals surface area contributed by atoms with Crippen LogP contribution in [0.15, 0.2) is 24.3 Å². The van der Waals surface area contributed by atoms with Crippen molar-refractivity contribution in [3.8, 4) is 0 Å². The zero-order valence-electron chi connectivity index (χ0n) is 7.13. The third-order valence-electron chi connectivity index (χ3n) is 3.62. The first-order valence-electron chi connectivity index (χ1n) is 4.58. The lowest BCUT2D eigenvalue weighted by Gasteiger charge is -2.24. The van der Waals surface area contributed by atoms with Crippen LogP contribution in [0.3, 0.4) is 0 Å². The molecule has 0 aliphatic heterocycles. The van der Waals surface area contributed by atoms with Crippen LogP contribution in [-0.2, 0) is 0 Å². The molecule has 0 amide bonds. The number of allylic oxidation sites excluding steroid dienone is 4. The summed E-state index contributed by atoms with van der Waals surface area (Å²) in [6.45, 7) is 0. The van der Waals surface area contributed by atoms with E-state index < -0.39 is 35.5 Å². The molecule has 0 aromatic rings. The summed E-state index contributed by atoms with van der Waals surface area (Å²) in [5.74, 6) is -10.2. The average Bonchev–Trinajstić information content (AvgIpc) is 2.61. The van der Waals surface area contributed by atoms with Crippen molar-refractivity contribution < 1.29 is 17.6 Å². The van der Waals surface area contributed by atoms with E-state index in [1.807, 2.05) is 0 Å². The predicted octanol–water partition coefficient (Wildman–Crippen LogP) is 2.88. The quantitative estimate of drug-likeness (QED) is 0.420. The molecule has 2 bridgehead atoms. The lowest BCUT2D eigenvalue weighted by Crippen LogP contribution is -2.32. The molecular weight excluding hydrogens is 196 g/mol. The van der Waals surface area contributed by atoms with Crippen molar-refractivity contribution in [1.29, 1.82) is 0 Å². The molecule has 76 valence electrons. The van der Waals surface area contributed by atoms with Crippen molar-refractivity contribution in [2.75, 3.05) is 0 Å². The minimum atomic E-state index is -3.06. The third kappa shape index (κ3) is 0.721. The van der Waals surface area contributed by atoms with E-state index in [9.17, 15) is 17.6 Å². The van der Waals surface area contributed by atoms with Crippen molar-refractivity contribution in [3.63, 3.8) is 0 Å². The van der Waals surface area contributed by atoms with Gasteiger partial charge in [0.15, 0.2) is 0 Å². The topological polar surface area (TPSA) is 0 Å². The van der Waals surface area contributed by atoms with Gasteiger partial charge in [-0.25, -0.2) is 17.6 Å². The van der Waals surface area contributed by atoms with Crippen molar-refractivity contribution in [3.05, 3.63) is 24.3 Å². The molecule has 0 spiro atoms. The Hall–Kier alpha value is -0.800. The number of alkyl halides is 4. The summed E-state index contributed by atoms with van der Waals surface area (Å²) in [7, 11) is 0. The minimum Gasteiger partial charge on any atom is -0.205 e. The highest BCUT2D eigenvalue weighted by molar-refractivity contribution is 5.32. The van der Waals surface area contributed by atoms with Crippen LogP contribution in [0, 0.1) is 23.7 Å². The highest BCUT2D eigenvalue weighted by atomic mass is 19.3. The Bertz CT molecular complexity index is 342. The Morgan fingerprint density at radius 3 is 2.14 bits per heavy atom. The first-order chi connectivity index (χ1) is 6.44. The summed E-state index contributed by atoms with van der Waals surface area (Å²) in [5, 5.41) is 0. The molecular formula is C10H8F4. The van der Waals surface area contributed by atoms with E-state index in [1.54, 1.807) is 0 Å². The second-order valence-corrected chi connectivity index (χ2v) is 4.25. The predicted molar refractivity (Wildman–Crippen MR) is 42.1 cm³/mol. The number of hydrogen-bond donors (Lipinski definition) is 0. The Labute approximate surface area is 78.3 Å². The third-order valence-corrected chi connectivity index (χ3v) is 3.62. The Balaban J connectivity index is 2.09. The van der Waals surface area contributed by atoms with Crippen LogP contribution in [-0.4, -0.2) is 11.8 Å². The molecule has 0 aromatic carbocycles. The van der Waals surface area contributed by atoms with Crippen LogP contribution in [0.2, 0.25) is 0 Å². The van der Waals surface area contributed by atoms with Crippen LogP contribution < -0.4 is 0 Å². The smallest absolute Gasteiger partial charge is 0.205 e. The van der Waals surface area contributed by atoms with Gasteiger partial charge in [0, 0.05) is 11.8 Å². The van der Waals surface area contributed by atoms with Crippen molar-refractivity contribution in [2.45, 2.75) is 11.8 Å². The van der Waals surface area contributed by atoms with Crippen LogP contribution in [0.5, 0.6) is 0 Å². The lowest BCUT2D eigenvalue weighted by molar-refractivity contribution is -0.0731. The highest BCUT2D eigenvalue weighted by Gasteiger charge is 2.70. The highest BCUT2D eigenvalue weighted by Crippen LogP contribution is 2.64. The van der Waals surface area contributed by atoms with Gasteiger partial charge in [-0.15, -0.1) is 0 Å². The minimum absolute atomic E-state index is 0.671. The molecule has 1 fully saturated rings. The molecule has 4 atom stereocenters. The summed E-state index contributed by atoms with van der Waals surface area (Å²) in [6, 6.07) is 0. The molecule has 3 rings (SSSR count).